The molecule has 0 atom stereocenters. The van der Waals surface area contributed by atoms with Gasteiger partial charge in [-0.05, 0) is 24.5 Å². The van der Waals surface area contributed by atoms with Crippen LogP contribution < -0.4 is 5.32 Å². The molecule has 0 aromatic heterocycles. The van der Waals surface area contributed by atoms with Gasteiger partial charge in [0.2, 0.25) is 0 Å². The second kappa shape index (κ2) is 6.43. The molecule has 1 aromatic rings. The van der Waals surface area contributed by atoms with E-state index in [9.17, 15) is 9.59 Å². The molecule has 6 nitrogen and oxygen atoms in total. The van der Waals surface area contributed by atoms with Crippen LogP contribution in [0.5, 0.6) is 0 Å². The first kappa shape index (κ1) is 16.8. The number of nitrogens with zero attached hydrogens (tertiary/aromatic N) is 3. The molecule has 3 rings (SSSR count). The van der Waals surface area contributed by atoms with Crippen molar-refractivity contribution in [2.75, 3.05) is 40.8 Å². The maximum absolute atomic E-state index is 12.3. The monoisotopic (exact) mass is 330 g/mol. The molecule has 2 heterocycles. The van der Waals surface area contributed by atoms with E-state index in [4.69, 9.17) is 0 Å². The largest absolute Gasteiger partial charge is 0.345 e. The van der Waals surface area contributed by atoms with Crippen LogP contribution in [0.1, 0.15) is 28.8 Å². The number of hydrogen-bond acceptors (Lipinski definition) is 3. The summed E-state index contributed by atoms with van der Waals surface area (Å²) < 4.78 is 0. The van der Waals surface area contributed by atoms with Crippen LogP contribution >= 0.6 is 0 Å². The van der Waals surface area contributed by atoms with Crippen molar-refractivity contribution in [1.82, 2.24) is 20.0 Å². The molecule has 1 spiro atoms. The number of likely N-dealkylation sites (N-methyl/N-ethyl adjacent to an activating group) is 1. The fourth-order valence-corrected chi connectivity index (χ4v) is 3.68. The third kappa shape index (κ3) is 2.98. The molecule has 24 heavy (non-hydrogen) atoms. The summed E-state index contributed by atoms with van der Waals surface area (Å²) in [5.74, 6) is 0.0457. The number of amides is 3. The van der Waals surface area contributed by atoms with Crippen LogP contribution in [0.2, 0.25) is 0 Å². The number of benzene rings is 1. The lowest BCUT2D eigenvalue weighted by molar-refractivity contribution is 0.0806. The van der Waals surface area contributed by atoms with Crippen LogP contribution in [0.25, 0.3) is 0 Å². The van der Waals surface area contributed by atoms with Crippen LogP contribution in [0, 0.1) is 0 Å². The lowest BCUT2D eigenvalue weighted by Gasteiger charge is -2.42. The number of nitrogens with one attached hydrogen (secondary N) is 1. The van der Waals surface area contributed by atoms with E-state index >= 15 is 0 Å². The normalized spacial score (nSPS) is 20.3. The van der Waals surface area contributed by atoms with Crippen molar-refractivity contribution >= 4 is 11.9 Å². The fourth-order valence-electron chi connectivity index (χ4n) is 3.68. The first-order valence-electron chi connectivity index (χ1n) is 8.46. The molecule has 1 N–H and O–H groups in total. The standard InChI is InChI=1S/C18H26N4O2/c1-20(2)16(23)15-7-5-4-6-14(15)12-22-10-8-18(9-11-22)13-19-17(24)21(18)3/h4-7H,8-13H2,1-3H3,(H,19,24). The van der Waals surface area contributed by atoms with Gasteiger partial charge in [-0.3, -0.25) is 9.69 Å². The number of hydrogen-bond donors (Lipinski definition) is 1. The summed E-state index contributed by atoms with van der Waals surface area (Å²) in [5, 5.41) is 2.95. The Hall–Kier alpha value is -2.08. The number of carbonyl (C=O) groups is 2. The zero-order valence-electron chi connectivity index (χ0n) is 14.7. The van der Waals surface area contributed by atoms with Gasteiger partial charge in [-0.25, -0.2) is 4.79 Å². The van der Waals surface area contributed by atoms with Crippen molar-refractivity contribution in [1.29, 1.82) is 0 Å². The second-order valence-electron chi connectivity index (χ2n) is 7.07. The quantitative estimate of drug-likeness (QED) is 0.911. The minimum atomic E-state index is -0.0352. The molecule has 0 bridgehead atoms. The summed E-state index contributed by atoms with van der Waals surface area (Å²) in [7, 11) is 5.45. The van der Waals surface area contributed by atoms with Crippen LogP contribution in [0.4, 0.5) is 4.79 Å². The van der Waals surface area contributed by atoms with Gasteiger partial charge < -0.3 is 15.1 Å². The zero-order chi connectivity index (χ0) is 17.3. The number of carbonyl (C=O) groups excluding carboxylic acids is 2. The lowest BCUT2D eigenvalue weighted by atomic mass is 9.87. The van der Waals surface area contributed by atoms with E-state index in [2.05, 4.69) is 10.2 Å². The highest BCUT2D eigenvalue weighted by molar-refractivity contribution is 5.95. The Kier molecular flexibility index (Phi) is 4.49. The number of urea groups is 1. The van der Waals surface area contributed by atoms with E-state index in [-0.39, 0.29) is 17.5 Å². The van der Waals surface area contributed by atoms with Gasteiger partial charge in [0.05, 0.1) is 5.54 Å². The average molecular weight is 330 g/mol. The summed E-state index contributed by atoms with van der Waals surface area (Å²) in [5.41, 5.74) is 1.81. The van der Waals surface area contributed by atoms with Crippen LogP contribution in [-0.4, -0.2) is 73.0 Å². The van der Waals surface area contributed by atoms with Crippen molar-refractivity contribution in [2.24, 2.45) is 0 Å². The maximum atomic E-state index is 12.3. The highest BCUT2D eigenvalue weighted by Gasteiger charge is 2.44. The Morgan fingerprint density at radius 2 is 1.92 bits per heavy atom. The Morgan fingerprint density at radius 3 is 2.50 bits per heavy atom. The summed E-state index contributed by atoms with van der Waals surface area (Å²) in [4.78, 5) is 30.0. The van der Waals surface area contributed by atoms with Gasteiger partial charge in [-0.1, -0.05) is 18.2 Å². The first-order valence-corrected chi connectivity index (χ1v) is 8.46. The van der Waals surface area contributed by atoms with E-state index in [0.29, 0.717) is 0 Å². The van der Waals surface area contributed by atoms with Gasteiger partial charge in [0.15, 0.2) is 0 Å². The van der Waals surface area contributed by atoms with Gasteiger partial charge in [0.1, 0.15) is 0 Å². The van der Waals surface area contributed by atoms with Crippen molar-refractivity contribution in [2.45, 2.75) is 24.9 Å². The Balaban J connectivity index is 1.67. The molecular weight excluding hydrogens is 304 g/mol. The molecular formula is C18H26N4O2. The van der Waals surface area contributed by atoms with Gasteiger partial charge in [-0.15, -0.1) is 0 Å². The third-order valence-electron chi connectivity index (χ3n) is 5.42. The summed E-state index contributed by atoms with van der Waals surface area (Å²) in [6.45, 7) is 3.39. The van der Waals surface area contributed by atoms with E-state index in [1.807, 2.05) is 36.2 Å². The molecule has 130 valence electrons. The van der Waals surface area contributed by atoms with E-state index in [1.165, 1.54) is 0 Å². The van der Waals surface area contributed by atoms with Gasteiger partial charge in [0, 0.05) is 52.9 Å². The SMILES string of the molecule is CN(C)C(=O)c1ccccc1CN1CCC2(CC1)CNC(=O)N2C. The average Bonchev–Trinajstić information content (AvgIpc) is 2.86. The molecule has 0 aliphatic carbocycles. The molecule has 0 unspecified atom stereocenters. The molecule has 0 radical (unpaired) electrons. The highest BCUT2D eigenvalue weighted by Crippen LogP contribution is 2.31. The van der Waals surface area contributed by atoms with Gasteiger partial charge in [-0.2, -0.15) is 0 Å². The first-order chi connectivity index (χ1) is 11.4. The molecule has 6 heteroatoms. The summed E-state index contributed by atoms with van der Waals surface area (Å²) in [6.07, 6.45) is 1.93. The number of piperidine rings is 1. The lowest BCUT2D eigenvalue weighted by Crippen LogP contribution is -2.52. The molecule has 2 aliphatic rings. The Labute approximate surface area is 143 Å². The van der Waals surface area contributed by atoms with Crippen LogP contribution in [-0.2, 0) is 6.54 Å². The predicted octanol–water partition coefficient (Wildman–Crippen LogP) is 1.38. The van der Waals surface area contributed by atoms with Crippen molar-refractivity contribution in [3.05, 3.63) is 35.4 Å². The number of rotatable bonds is 3. The van der Waals surface area contributed by atoms with E-state index in [1.54, 1.807) is 19.0 Å². The molecule has 2 fully saturated rings. The zero-order valence-corrected chi connectivity index (χ0v) is 14.7. The minimum Gasteiger partial charge on any atom is -0.345 e. The fraction of sp³-hybridized carbons (Fsp3) is 0.556. The van der Waals surface area contributed by atoms with Crippen molar-refractivity contribution < 1.29 is 9.59 Å². The molecule has 0 saturated carbocycles. The van der Waals surface area contributed by atoms with Crippen LogP contribution in [0.15, 0.2) is 24.3 Å². The van der Waals surface area contributed by atoms with Crippen molar-refractivity contribution in [3.8, 4) is 0 Å². The summed E-state index contributed by atoms with van der Waals surface area (Å²) >= 11 is 0. The topological polar surface area (TPSA) is 55.9 Å². The van der Waals surface area contributed by atoms with Gasteiger partial charge >= 0.3 is 6.03 Å². The minimum absolute atomic E-state index is 0.0328. The Bertz CT molecular complexity index is 636. The molecule has 3 amide bonds. The summed E-state index contributed by atoms with van der Waals surface area (Å²) in [6, 6.07) is 7.87. The molecule has 1 aromatic carbocycles. The van der Waals surface area contributed by atoms with E-state index < -0.39 is 0 Å². The number of likely N-dealkylation sites (tertiary alicyclic amines) is 1. The maximum Gasteiger partial charge on any atom is 0.317 e. The predicted molar refractivity (Wildman–Crippen MR) is 92.9 cm³/mol. The Morgan fingerprint density at radius 1 is 1.25 bits per heavy atom. The highest BCUT2D eigenvalue weighted by atomic mass is 16.2. The second-order valence-corrected chi connectivity index (χ2v) is 7.07. The van der Waals surface area contributed by atoms with Gasteiger partial charge in [0.25, 0.3) is 5.91 Å². The van der Waals surface area contributed by atoms with Crippen molar-refractivity contribution in [3.63, 3.8) is 0 Å². The smallest absolute Gasteiger partial charge is 0.317 e. The molecule has 2 aliphatic heterocycles. The van der Waals surface area contributed by atoms with E-state index in [0.717, 1.165) is 50.1 Å². The third-order valence-corrected chi connectivity index (χ3v) is 5.42. The molecule has 2 saturated heterocycles. The van der Waals surface area contributed by atoms with Crippen LogP contribution in [0.3, 0.4) is 0 Å².